The number of anilines is 1. The van der Waals surface area contributed by atoms with Crippen LogP contribution in [0.2, 0.25) is 0 Å². The van der Waals surface area contributed by atoms with Crippen molar-refractivity contribution in [1.82, 2.24) is 9.38 Å². The van der Waals surface area contributed by atoms with Gasteiger partial charge in [-0.05, 0) is 30.9 Å². The molecule has 108 valence electrons. The first kappa shape index (κ1) is 13.4. The van der Waals surface area contributed by atoms with Crippen molar-refractivity contribution in [3.63, 3.8) is 0 Å². The summed E-state index contributed by atoms with van der Waals surface area (Å²) in [5.41, 5.74) is 8.07. The first-order chi connectivity index (χ1) is 9.70. The van der Waals surface area contributed by atoms with Gasteiger partial charge in [-0.15, -0.1) is 0 Å². The lowest BCUT2D eigenvalue weighted by molar-refractivity contribution is 0.335. The fourth-order valence-corrected chi connectivity index (χ4v) is 3.43. The molecule has 3 rings (SSSR count). The fourth-order valence-electron chi connectivity index (χ4n) is 3.43. The van der Waals surface area contributed by atoms with Gasteiger partial charge in [-0.2, -0.15) is 0 Å². The van der Waals surface area contributed by atoms with Crippen LogP contribution in [0, 0.1) is 5.92 Å². The van der Waals surface area contributed by atoms with Crippen molar-refractivity contribution in [2.45, 2.75) is 45.2 Å². The van der Waals surface area contributed by atoms with E-state index in [1.54, 1.807) is 0 Å². The van der Waals surface area contributed by atoms with Gasteiger partial charge in [0.15, 0.2) is 5.82 Å². The number of rotatable bonds is 3. The lowest BCUT2D eigenvalue weighted by Crippen LogP contribution is -2.36. The Kier molecular flexibility index (Phi) is 3.66. The summed E-state index contributed by atoms with van der Waals surface area (Å²) in [4.78, 5) is 7.14. The van der Waals surface area contributed by atoms with E-state index in [1.165, 1.54) is 25.7 Å². The Labute approximate surface area is 120 Å². The van der Waals surface area contributed by atoms with Gasteiger partial charge in [-0.25, -0.2) is 4.98 Å². The maximum absolute atomic E-state index is 5.97. The van der Waals surface area contributed by atoms with Gasteiger partial charge in [-0.3, -0.25) is 0 Å². The van der Waals surface area contributed by atoms with Gasteiger partial charge in [0.2, 0.25) is 0 Å². The van der Waals surface area contributed by atoms with Gasteiger partial charge in [-0.1, -0.05) is 25.8 Å². The summed E-state index contributed by atoms with van der Waals surface area (Å²) >= 11 is 0. The largest absolute Gasteiger partial charge is 0.355 e. The predicted octanol–water partition coefficient (Wildman–Crippen LogP) is 2.81. The van der Waals surface area contributed by atoms with Crippen molar-refractivity contribution in [2.24, 2.45) is 11.7 Å². The van der Waals surface area contributed by atoms with E-state index < -0.39 is 0 Å². The van der Waals surface area contributed by atoms with Crippen molar-refractivity contribution in [2.75, 3.05) is 11.9 Å². The molecule has 0 aliphatic heterocycles. The molecule has 1 aliphatic rings. The van der Waals surface area contributed by atoms with Crippen LogP contribution in [-0.2, 0) is 6.54 Å². The molecule has 2 unspecified atom stereocenters. The minimum atomic E-state index is 0.521. The van der Waals surface area contributed by atoms with E-state index in [1.807, 2.05) is 24.4 Å². The highest BCUT2D eigenvalue weighted by Gasteiger charge is 2.25. The normalized spacial score (nSPS) is 23.1. The first-order valence-corrected chi connectivity index (χ1v) is 7.59. The molecule has 4 nitrogen and oxygen atoms in total. The molecule has 2 atom stereocenters. The van der Waals surface area contributed by atoms with Gasteiger partial charge in [0, 0.05) is 25.8 Å². The standard InChI is InChI=1S/C16H24N4/c1-12-6-5-7-13(10-12)19(2)16-14(11-17)20-9-4-3-8-15(20)18-16/h3-4,8-9,12-13H,5-7,10-11,17H2,1-2H3. The summed E-state index contributed by atoms with van der Waals surface area (Å²) in [5, 5.41) is 0. The number of aromatic nitrogens is 2. The Bertz CT molecular complexity index is 589. The third-order valence-electron chi connectivity index (χ3n) is 4.59. The highest BCUT2D eigenvalue weighted by Crippen LogP contribution is 2.31. The van der Waals surface area contributed by atoms with E-state index >= 15 is 0 Å². The Morgan fingerprint density at radius 2 is 2.25 bits per heavy atom. The zero-order chi connectivity index (χ0) is 14.1. The van der Waals surface area contributed by atoms with E-state index in [0.717, 1.165) is 23.1 Å². The Balaban J connectivity index is 1.96. The molecule has 0 bridgehead atoms. The molecular weight excluding hydrogens is 248 g/mol. The van der Waals surface area contributed by atoms with Crippen molar-refractivity contribution < 1.29 is 0 Å². The molecule has 4 heteroatoms. The maximum Gasteiger partial charge on any atom is 0.152 e. The summed E-state index contributed by atoms with van der Waals surface area (Å²) in [6.45, 7) is 2.88. The van der Waals surface area contributed by atoms with E-state index in [2.05, 4.69) is 23.3 Å². The highest BCUT2D eigenvalue weighted by molar-refractivity contribution is 5.56. The first-order valence-electron chi connectivity index (χ1n) is 7.59. The number of hydrogen-bond donors (Lipinski definition) is 1. The average molecular weight is 272 g/mol. The van der Waals surface area contributed by atoms with Crippen LogP contribution in [-0.4, -0.2) is 22.5 Å². The van der Waals surface area contributed by atoms with Crippen LogP contribution >= 0.6 is 0 Å². The van der Waals surface area contributed by atoms with Crippen molar-refractivity contribution in [3.05, 3.63) is 30.1 Å². The van der Waals surface area contributed by atoms with Crippen molar-refractivity contribution >= 4 is 11.5 Å². The van der Waals surface area contributed by atoms with Crippen LogP contribution in [0.4, 0.5) is 5.82 Å². The molecule has 0 aromatic carbocycles. The molecule has 2 N–H and O–H groups in total. The molecule has 20 heavy (non-hydrogen) atoms. The zero-order valence-electron chi connectivity index (χ0n) is 12.4. The third kappa shape index (κ3) is 2.29. The number of fused-ring (bicyclic) bond motifs is 1. The monoisotopic (exact) mass is 272 g/mol. The maximum atomic E-state index is 5.97. The third-order valence-corrected chi connectivity index (χ3v) is 4.59. The quantitative estimate of drug-likeness (QED) is 0.934. The smallest absolute Gasteiger partial charge is 0.152 e. The van der Waals surface area contributed by atoms with E-state index in [-0.39, 0.29) is 0 Å². The van der Waals surface area contributed by atoms with Crippen LogP contribution in [0.3, 0.4) is 0 Å². The van der Waals surface area contributed by atoms with Crippen molar-refractivity contribution in [3.8, 4) is 0 Å². The molecule has 2 aromatic rings. The van der Waals surface area contributed by atoms with Gasteiger partial charge in [0.05, 0.1) is 5.69 Å². The zero-order valence-corrected chi connectivity index (χ0v) is 12.4. The minimum absolute atomic E-state index is 0.521. The summed E-state index contributed by atoms with van der Waals surface area (Å²) in [7, 11) is 2.17. The number of nitrogens with zero attached hydrogens (tertiary/aromatic N) is 3. The molecule has 1 aliphatic carbocycles. The van der Waals surface area contributed by atoms with E-state index in [0.29, 0.717) is 12.6 Å². The topological polar surface area (TPSA) is 46.6 Å². The van der Waals surface area contributed by atoms with Crippen molar-refractivity contribution in [1.29, 1.82) is 0 Å². The van der Waals surface area contributed by atoms with Crippen LogP contribution < -0.4 is 10.6 Å². The van der Waals surface area contributed by atoms with E-state index in [4.69, 9.17) is 10.7 Å². The van der Waals surface area contributed by atoms with Crippen LogP contribution in [0.25, 0.3) is 5.65 Å². The second-order valence-corrected chi connectivity index (χ2v) is 6.05. The van der Waals surface area contributed by atoms with Gasteiger partial charge in [0.1, 0.15) is 5.65 Å². The molecular formula is C16H24N4. The lowest BCUT2D eigenvalue weighted by atomic mass is 9.86. The minimum Gasteiger partial charge on any atom is -0.355 e. The van der Waals surface area contributed by atoms with Gasteiger partial charge < -0.3 is 15.0 Å². The fraction of sp³-hybridized carbons (Fsp3) is 0.562. The Morgan fingerprint density at radius 1 is 1.40 bits per heavy atom. The molecule has 0 spiro atoms. The Morgan fingerprint density at radius 3 is 3.00 bits per heavy atom. The van der Waals surface area contributed by atoms with Crippen LogP contribution in [0.15, 0.2) is 24.4 Å². The molecule has 2 heterocycles. The van der Waals surface area contributed by atoms with Crippen LogP contribution in [0.5, 0.6) is 0 Å². The van der Waals surface area contributed by atoms with Crippen LogP contribution in [0.1, 0.15) is 38.3 Å². The summed E-state index contributed by atoms with van der Waals surface area (Å²) in [5.74, 6) is 1.87. The molecule has 2 aromatic heterocycles. The molecule has 0 radical (unpaired) electrons. The van der Waals surface area contributed by atoms with E-state index in [9.17, 15) is 0 Å². The van der Waals surface area contributed by atoms with Gasteiger partial charge >= 0.3 is 0 Å². The number of imidazole rings is 1. The van der Waals surface area contributed by atoms with Gasteiger partial charge in [0.25, 0.3) is 0 Å². The highest BCUT2D eigenvalue weighted by atomic mass is 15.2. The molecule has 1 saturated carbocycles. The average Bonchev–Trinajstić information content (AvgIpc) is 2.85. The summed E-state index contributed by atoms with van der Waals surface area (Å²) < 4.78 is 2.11. The number of pyridine rings is 1. The Hall–Kier alpha value is -1.55. The molecule has 0 amide bonds. The SMILES string of the molecule is CC1CCCC(N(C)c2nc3ccccn3c2CN)C1. The predicted molar refractivity (Wildman–Crippen MR) is 82.9 cm³/mol. The number of nitrogens with two attached hydrogens (primary N) is 1. The lowest BCUT2D eigenvalue weighted by Gasteiger charge is -2.34. The molecule has 0 saturated heterocycles. The second kappa shape index (κ2) is 5.44. The number of hydrogen-bond acceptors (Lipinski definition) is 3. The second-order valence-electron chi connectivity index (χ2n) is 6.05. The summed E-state index contributed by atoms with van der Waals surface area (Å²) in [6, 6.07) is 6.68. The summed E-state index contributed by atoms with van der Waals surface area (Å²) in [6.07, 6.45) is 7.25. The molecule has 1 fully saturated rings.